The van der Waals surface area contributed by atoms with Crippen LogP contribution in [0.15, 0.2) is 22.7 Å². The number of nitrogens with one attached hydrogen (secondary N) is 1. The van der Waals surface area contributed by atoms with Crippen LogP contribution in [0.3, 0.4) is 0 Å². The molecule has 1 aromatic heterocycles. The lowest BCUT2D eigenvalue weighted by Gasteiger charge is -2.08. The van der Waals surface area contributed by atoms with Crippen molar-refractivity contribution in [3.05, 3.63) is 35.7 Å². The van der Waals surface area contributed by atoms with Gasteiger partial charge in [-0.2, -0.15) is 4.98 Å². The number of anilines is 2. The Morgan fingerprint density at radius 2 is 2.29 bits per heavy atom. The van der Waals surface area contributed by atoms with E-state index in [0.717, 1.165) is 0 Å². The highest BCUT2D eigenvalue weighted by Gasteiger charge is 2.05. The molecule has 0 radical (unpaired) electrons. The fraction of sp³-hybridized carbons (Fsp3) is 0.273. The molecule has 3 N–H and O–H groups in total. The van der Waals surface area contributed by atoms with E-state index in [4.69, 9.17) is 10.3 Å². The number of benzene rings is 1. The molecule has 2 rings (SSSR count). The van der Waals surface area contributed by atoms with Gasteiger partial charge in [-0.05, 0) is 19.1 Å². The van der Waals surface area contributed by atoms with Gasteiger partial charge in [-0.3, -0.25) is 0 Å². The molecule has 0 unspecified atom stereocenters. The summed E-state index contributed by atoms with van der Waals surface area (Å²) < 4.78 is 18.1. The van der Waals surface area contributed by atoms with Crippen molar-refractivity contribution in [2.45, 2.75) is 13.3 Å². The largest absolute Gasteiger partial charge is 0.395 e. The van der Waals surface area contributed by atoms with Gasteiger partial charge in [0.25, 0.3) is 0 Å². The fourth-order valence-electron chi connectivity index (χ4n) is 1.44. The summed E-state index contributed by atoms with van der Waals surface area (Å²) >= 11 is 0. The average molecular weight is 236 g/mol. The Morgan fingerprint density at radius 3 is 3.00 bits per heavy atom. The van der Waals surface area contributed by atoms with E-state index in [2.05, 4.69) is 15.5 Å². The van der Waals surface area contributed by atoms with Crippen LogP contribution in [-0.4, -0.2) is 16.7 Å². The normalized spacial score (nSPS) is 10.5. The Bertz CT molecular complexity index is 512. The van der Waals surface area contributed by atoms with Crippen molar-refractivity contribution >= 4 is 11.4 Å². The number of halogens is 1. The van der Waals surface area contributed by atoms with Crippen molar-refractivity contribution in [1.82, 2.24) is 10.1 Å². The highest BCUT2D eigenvalue weighted by atomic mass is 19.1. The van der Waals surface area contributed by atoms with Gasteiger partial charge in [0.1, 0.15) is 5.82 Å². The zero-order chi connectivity index (χ0) is 12.3. The number of nitrogen functional groups attached to an aromatic ring is 1. The number of hydrogen-bond acceptors (Lipinski definition) is 5. The molecule has 0 spiro atoms. The van der Waals surface area contributed by atoms with Crippen LogP contribution in [0.2, 0.25) is 0 Å². The van der Waals surface area contributed by atoms with Crippen LogP contribution in [0.1, 0.15) is 11.7 Å². The third-order valence-corrected chi connectivity index (χ3v) is 2.28. The molecular weight excluding hydrogens is 223 g/mol. The minimum absolute atomic E-state index is 0.120. The van der Waals surface area contributed by atoms with Crippen molar-refractivity contribution in [1.29, 1.82) is 0 Å². The molecule has 0 saturated carbocycles. The van der Waals surface area contributed by atoms with E-state index < -0.39 is 5.82 Å². The van der Waals surface area contributed by atoms with E-state index in [9.17, 15) is 4.39 Å². The number of nitrogens with two attached hydrogens (primary N) is 1. The molecule has 17 heavy (non-hydrogen) atoms. The van der Waals surface area contributed by atoms with Gasteiger partial charge in [0.15, 0.2) is 5.82 Å². The van der Waals surface area contributed by atoms with Gasteiger partial charge in [0.05, 0.1) is 11.4 Å². The third kappa shape index (κ3) is 2.72. The number of rotatable bonds is 4. The van der Waals surface area contributed by atoms with Gasteiger partial charge in [-0.1, -0.05) is 11.2 Å². The van der Waals surface area contributed by atoms with Gasteiger partial charge < -0.3 is 15.6 Å². The number of aryl methyl sites for hydroxylation is 1. The van der Waals surface area contributed by atoms with Crippen LogP contribution >= 0.6 is 0 Å². The second kappa shape index (κ2) is 4.82. The molecule has 2 aromatic rings. The molecule has 0 aliphatic rings. The molecule has 0 atom stereocenters. The highest BCUT2D eigenvalue weighted by molar-refractivity contribution is 5.66. The second-order valence-corrected chi connectivity index (χ2v) is 3.61. The van der Waals surface area contributed by atoms with Gasteiger partial charge in [-0.25, -0.2) is 4.39 Å². The van der Waals surface area contributed by atoms with E-state index in [0.29, 0.717) is 30.4 Å². The average Bonchev–Trinajstić information content (AvgIpc) is 2.70. The van der Waals surface area contributed by atoms with Crippen LogP contribution in [0.5, 0.6) is 0 Å². The molecule has 0 aliphatic carbocycles. The lowest BCUT2D eigenvalue weighted by Crippen LogP contribution is -2.07. The van der Waals surface area contributed by atoms with Gasteiger partial charge in [0.2, 0.25) is 5.89 Å². The lowest BCUT2D eigenvalue weighted by molar-refractivity contribution is 0.377. The predicted octanol–water partition coefficient (Wildman–Crippen LogP) is 1.75. The SMILES string of the molecule is Cc1noc(CCNc2cccc(F)c2N)n1. The second-order valence-electron chi connectivity index (χ2n) is 3.61. The monoisotopic (exact) mass is 236 g/mol. The number of aromatic nitrogens is 2. The van der Waals surface area contributed by atoms with Crippen LogP contribution in [0.4, 0.5) is 15.8 Å². The summed E-state index contributed by atoms with van der Waals surface area (Å²) in [4.78, 5) is 4.06. The van der Waals surface area contributed by atoms with Gasteiger partial charge >= 0.3 is 0 Å². The molecule has 5 nitrogen and oxygen atoms in total. The molecule has 0 fully saturated rings. The summed E-state index contributed by atoms with van der Waals surface area (Å²) in [5.74, 6) is 0.721. The zero-order valence-electron chi connectivity index (χ0n) is 9.40. The van der Waals surface area contributed by atoms with Crippen molar-refractivity contribution < 1.29 is 8.91 Å². The van der Waals surface area contributed by atoms with Gasteiger partial charge in [-0.15, -0.1) is 0 Å². The van der Waals surface area contributed by atoms with Crippen molar-refractivity contribution in [2.75, 3.05) is 17.6 Å². The smallest absolute Gasteiger partial charge is 0.228 e. The summed E-state index contributed by atoms with van der Waals surface area (Å²) in [6.45, 7) is 2.31. The summed E-state index contributed by atoms with van der Waals surface area (Å²) in [5.41, 5.74) is 6.27. The first-order valence-electron chi connectivity index (χ1n) is 5.24. The Morgan fingerprint density at radius 1 is 1.47 bits per heavy atom. The van der Waals surface area contributed by atoms with E-state index >= 15 is 0 Å². The number of para-hydroxylation sites is 1. The number of hydrogen-bond donors (Lipinski definition) is 2. The molecule has 0 aliphatic heterocycles. The topological polar surface area (TPSA) is 77.0 Å². The predicted molar refractivity (Wildman–Crippen MR) is 62.0 cm³/mol. The van der Waals surface area contributed by atoms with Crippen molar-refractivity contribution in [2.24, 2.45) is 0 Å². The van der Waals surface area contributed by atoms with Crippen molar-refractivity contribution in [3.63, 3.8) is 0 Å². The van der Waals surface area contributed by atoms with Crippen molar-refractivity contribution in [3.8, 4) is 0 Å². The van der Waals surface area contributed by atoms with Crippen LogP contribution in [0, 0.1) is 12.7 Å². The maximum Gasteiger partial charge on any atom is 0.228 e. The minimum atomic E-state index is -0.427. The molecule has 0 amide bonds. The summed E-state index contributed by atoms with van der Waals surface area (Å²) in [5, 5.41) is 6.69. The maximum atomic E-state index is 13.1. The van der Waals surface area contributed by atoms with E-state index in [-0.39, 0.29) is 5.69 Å². The fourth-order valence-corrected chi connectivity index (χ4v) is 1.44. The maximum absolute atomic E-state index is 13.1. The molecule has 6 heteroatoms. The zero-order valence-corrected chi connectivity index (χ0v) is 9.40. The van der Waals surface area contributed by atoms with Crippen LogP contribution in [-0.2, 0) is 6.42 Å². The molecule has 1 heterocycles. The van der Waals surface area contributed by atoms with E-state index in [1.165, 1.54) is 6.07 Å². The first-order valence-corrected chi connectivity index (χ1v) is 5.24. The van der Waals surface area contributed by atoms with Crippen LogP contribution < -0.4 is 11.1 Å². The Balaban J connectivity index is 1.92. The summed E-state index contributed by atoms with van der Waals surface area (Å²) in [6, 6.07) is 4.64. The molecule has 0 bridgehead atoms. The Kier molecular flexibility index (Phi) is 3.22. The summed E-state index contributed by atoms with van der Waals surface area (Å²) in [7, 11) is 0. The molecule has 90 valence electrons. The Labute approximate surface area is 97.8 Å². The van der Waals surface area contributed by atoms with E-state index in [1.54, 1.807) is 19.1 Å². The summed E-state index contributed by atoms with van der Waals surface area (Å²) in [6.07, 6.45) is 0.566. The Hall–Kier alpha value is -2.11. The van der Waals surface area contributed by atoms with Gasteiger partial charge in [0, 0.05) is 13.0 Å². The molecular formula is C11H13FN4O. The third-order valence-electron chi connectivity index (χ3n) is 2.28. The standard InChI is InChI=1S/C11H13FN4O/c1-7-15-10(17-16-7)5-6-14-9-4-2-3-8(12)11(9)13/h2-4,14H,5-6,13H2,1H3. The lowest BCUT2D eigenvalue weighted by atomic mass is 10.2. The number of nitrogens with zero attached hydrogens (tertiary/aromatic N) is 2. The van der Waals surface area contributed by atoms with Crippen LogP contribution in [0.25, 0.3) is 0 Å². The molecule has 0 saturated heterocycles. The highest BCUT2D eigenvalue weighted by Crippen LogP contribution is 2.20. The quantitative estimate of drug-likeness (QED) is 0.791. The first kappa shape index (κ1) is 11.4. The first-order chi connectivity index (χ1) is 8.16. The van der Waals surface area contributed by atoms with E-state index in [1.807, 2.05) is 0 Å². The molecule has 1 aromatic carbocycles. The minimum Gasteiger partial charge on any atom is -0.395 e.